The quantitative estimate of drug-likeness (QED) is 0.631. The first-order chi connectivity index (χ1) is 7.01. The van der Waals surface area contributed by atoms with Crippen molar-refractivity contribution in [2.45, 2.75) is 19.8 Å². The van der Waals surface area contributed by atoms with Crippen molar-refractivity contribution in [1.82, 2.24) is 10.2 Å². The van der Waals surface area contributed by atoms with Crippen LogP contribution in [0.4, 0.5) is 0 Å². The van der Waals surface area contributed by atoms with E-state index in [9.17, 15) is 9.59 Å². The maximum Gasteiger partial charge on any atom is 0.241 e. The van der Waals surface area contributed by atoms with Gasteiger partial charge in [-0.05, 0) is 12.5 Å². The zero-order chi connectivity index (χ0) is 11.8. The fraction of sp³-hybridized carbons (Fsp3) is 0.800. The zero-order valence-electron chi connectivity index (χ0n) is 9.75. The van der Waals surface area contributed by atoms with Gasteiger partial charge in [-0.15, -0.1) is 0 Å². The fourth-order valence-corrected chi connectivity index (χ4v) is 1.06. The average Bonchev–Trinajstić information content (AvgIpc) is 2.22. The minimum atomic E-state index is -0.109. The van der Waals surface area contributed by atoms with E-state index in [1.165, 1.54) is 4.90 Å². The molecule has 0 aliphatic rings. The number of nitrogens with two attached hydrogens (primary N) is 1. The lowest BCUT2D eigenvalue weighted by Crippen LogP contribution is -2.37. The molecular weight excluding hydrogens is 194 g/mol. The molecule has 1 atom stereocenters. The van der Waals surface area contributed by atoms with E-state index < -0.39 is 0 Å². The second-order valence-electron chi connectivity index (χ2n) is 3.78. The molecule has 0 aliphatic heterocycles. The summed E-state index contributed by atoms with van der Waals surface area (Å²) in [4.78, 5) is 24.0. The molecule has 5 nitrogen and oxygen atoms in total. The number of hydrogen-bond acceptors (Lipinski definition) is 3. The molecule has 15 heavy (non-hydrogen) atoms. The molecule has 0 saturated heterocycles. The van der Waals surface area contributed by atoms with E-state index in [0.29, 0.717) is 13.0 Å². The van der Waals surface area contributed by atoms with Gasteiger partial charge in [0.25, 0.3) is 0 Å². The van der Waals surface area contributed by atoms with Gasteiger partial charge in [0.1, 0.15) is 0 Å². The molecule has 0 bridgehead atoms. The molecular formula is C10H21N3O2. The molecule has 0 heterocycles. The van der Waals surface area contributed by atoms with Crippen LogP contribution in [0, 0.1) is 5.92 Å². The Morgan fingerprint density at radius 2 is 2.00 bits per heavy atom. The maximum absolute atomic E-state index is 11.4. The van der Waals surface area contributed by atoms with E-state index in [0.717, 1.165) is 6.42 Å². The Labute approximate surface area is 91.0 Å². The van der Waals surface area contributed by atoms with Crippen LogP contribution in [0.2, 0.25) is 0 Å². The first-order valence-corrected chi connectivity index (χ1v) is 5.18. The predicted octanol–water partition coefficient (Wildman–Crippen LogP) is -0.434. The second-order valence-corrected chi connectivity index (χ2v) is 3.78. The average molecular weight is 215 g/mol. The smallest absolute Gasteiger partial charge is 0.241 e. The van der Waals surface area contributed by atoms with Crippen LogP contribution in [0.1, 0.15) is 19.8 Å². The summed E-state index contributed by atoms with van der Waals surface area (Å²) in [7, 11) is 3.31. The van der Waals surface area contributed by atoms with Gasteiger partial charge >= 0.3 is 0 Å². The van der Waals surface area contributed by atoms with Crippen LogP contribution >= 0.6 is 0 Å². The van der Waals surface area contributed by atoms with Crippen LogP contribution in [0.25, 0.3) is 0 Å². The number of nitrogens with one attached hydrogen (secondary N) is 1. The van der Waals surface area contributed by atoms with Crippen LogP contribution in [-0.4, -0.2) is 43.9 Å². The van der Waals surface area contributed by atoms with Crippen LogP contribution in [0.5, 0.6) is 0 Å². The van der Waals surface area contributed by atoms with Gasteiger partial charge in [0.15, 0.2) is 0 Å². The van der Waals surface area contributed by atoms with Gasteiger partial charge in [-0.3, -0.25) is 9.59 Å². The van der Waals surface area contributed by atoms with E-state index in [2.05, 4.69) is 5.32 Å². The summed E-state index contributed by atoms with van der Waals surface area (Å²) in [6.07, 6.45) is 1.28. The van der Waals surface area contributed by atoms with Crippen LogP contribution in [0.15, 0.2) is 0 Å². The highest BCUT2D eigenvalue weighted by Gasteiger charge is 2.11. The van der Waals surface area contributed by atoms with E-state index in [1.807, 2.05) is 6.92 Å². The Balaban J connectivity index is 3.79. The topological polar surface area (TPSA) is 75.4 Å². The molecule has 0 radical (unpaired) electrons. The summed E-state index contributed by atoms with van der Waals surface area (Å²) < 4.78 is 0. The first-order valence-electron chi connectivity index (χ1n) is 5.18. The second kappa shape index (κ2) is 7.23. The highest BCUT2D eigenvalue weighted by Crippen LogP contribution is 2.04. The van der Waals surface area contributed by atoms with Crippen molar-refractivity contribution in [3.8, 4) is 0 Å². The molecule has 2 amide bonds. The van der Waals surface area contributed by atoms with Crippen LogP contribution < -0.4 is 11.1 Å². The summed E-state index contributed by atoms with van der Waals surface area (Å²) in [6.45, 7) is 2.56. The normalized spacial score (nSPS) is 12.0. The summed E-state index contributed by atoms with van der Waals surface area (Å²) >= 11 is 0. The fourth-order valence-electron chi connectivity index (χ4n) is 1.06. The van der Waals surface area contributed by atoms with Crippen molar-refractivity contribution in [3.63, 3.8) is 0 Å². The standard InChI is InChI=1S/C10H21N3O2/c1-4-8(6-11)5-9(14)12-7-10(15)13(2)3/h8H,4-7,11H2,1-3H3,(H,12,14). The number of rotatable bonds is 6. The summed E-state index contributed by atoms with van der Waals surface area (Å²) in [6, 6.07) is 0. The van der Waals surface area contributed by atoms with Crippen molar-refractivity contribution in [1.29, 1.82) is 0 Å². The van der Waals surface area contributed by atoms with Crippen molar-refractivity contribution < 1.29 is 9.59 Å². The lowest BCUT2D eigenvalue weighted by Gasteiger charge is -2.13. The lowest BCUT2D eigenvalue weighted by atomic mass is 10.0. The predicted molar refractivity (Wildman–Crippen MR) is 59.2 cm³/mol. The lowest BCUT2D eigenvalue weighted by molar-refractivity contribution is -0.131. The van der Waals surface area contributed by atoms with Crippen molar-refractivity contribution in [3.05, 3.63) is 0 Å². The number of amides is 2. The van der Waals surface area contributed by atoms with Crippen molar-refractivity contribution in [2.75, 3.05) is 27.2 Å². The van der Waals surface area contributed by atoms with Gasteiger partial charge in [-0.25, -0.2) is 0 Å². The monoisotopic (exact) mass is 215 g/mol. The van der Waals surface area contributed by atoms with E-state index in [-0.39, 0.29) is 24.3 Å². The molecule has 0 rings (SSSR count). The molecule has 3 N–H and O–H groups in total. The third-order valence-electron chi connectivity index (χ3n) is 2.32. The molecule has 0 saturated carbocycles. The molecule has 88 valence electrons. The molecule has 1 unspecified atom stereocenters. The summed E-state index contributed by atoms with van der Waals surface area (Å²) in [5, 5.41) is 2.58. The molecule has 0 aromatic carbocycles. The Kier molecular flexibility index (Phi) is 6.70. The minimum absolute atomic E-state index is 0.0623. The van der Waals surface area contributed by atoms with Gasteiger partial charge in [0.05, 0.1) is 6.54 Å². The third-order valence-corrected chi connectivity index (χ3v) is 2.32. The highest BCUT2D eigenvalue weighted by molar-refractivity contribution is 5.84. The number of likely N-dealkylation sites (N-methyl/N-ethyl adjacent to an activating group) is 1. The largest absolute Gasteiger partial charge is 0.347 e. The Hall–Kier alpha value is -1.10. The van der Waals surface area contributed by atoms with Crippen molar-refractivity contribution in [2.24, 2.45) is 11.7 Å². The zero-order valence-corrected chi connectivity index (χ0v) is 9.75. The summed E-state index contributed by atoms with van der Waals surface area (Å²) in [5.74, 6) is -0.00824. The number of carbonyl (C=O) groups is 2. The molecule has 5 heteroatoms. The molecule has 0 fully saturated rings. The first kappa shape index (κ1) is 13.9. The molecule has 0 aromatic heterocycles. The van der Waals surface area contributed by atoms with E-state index in [4.69, 9.17) is 5.73 Å². The third kappa shape index (κ3) is 6.06. The highest BCUT2D eigenvalue weighted by atomic mass is 16.2. The molecule has 0 spiro atoms. The van der Waals surface area contributed by atoms with Gasteiger partial charge < -0.3 is 16.0 Å². The Morgan fingerprint density at radius 1 is 1.40 bits per heavy atom. The van der Waals surface area contributed by atoms with Crippen LogP contribution in [0.3, 0.4) is 0 Å². The SMILES string of the molecule is CCC(CN)CC(=O)NCC(=O)N(C)C. The van der Waals surface area contributed by atoms with Gasteiger partial charge in [0.2, 0.25) is 11.8 Å². The van der Waals surface area contributed by atoms with Gasteiger partial charge in [-0.2, -0.15) is 0 Å². The Morgan fingerprint density at radius 3 is 2.40 bits per heavy atom. The molecule has 0 aromatic rings. The number of carbonyl (C=O) groups excluding carboxylic acids is 2. The number of nitrogens with zero attached hydrogens (tertiary/aromatic N) is 1. The van der Waals surface area contributed by atoms with Crippen molar-refractivity contribution >= 4 is 11.8 Å². The summed E-state index contributed by atoms with van der Waals surface area (Å²) in [5.41, 5.74) is 5.48. The Bertz CT molecular complexity index is 213. The molecule has 0 aliphatic carbocycles. The van der Waals surface area contributed by atoms with E-state index >= 15 is 0 Å². The number of hydrogen-bond donors (Lipinski definition) is 2. The van der Waals surface area contributed by atoms with E-state index in [1.54, 1.807) is 14.1 Å². The minimum Gasteiger partial charge on any atom is -0.347 e. The van der Waals surface area contributed by atoms with Gasteiger partial charge in [0, 0.05) is 20.5 Å². The van der Waals surface area contributed by atoms with Crippen LogP contribution in [-0.2, 0) is 9.59 Å². The van der Waals surface area contributed by atoms with Gasteiger partial charge in [-0.1, -0.05) is 13.3 Å². The maximum atomic E-state index is 11.4.